The highest BCUT2D eigenvalue weighted by Crippen LogP contribution is 2.37. The van der Waals surface area contributed by atoms with E-state index in [2.05, 4.69) is 11.4 Å². The zero-order valence-corrected chi connectivity index (χ0v) is 15.9. The van der Waals surface area contributed by atoms with Crippen LogP contribution in [0.5, 0.6) is 0 Å². The number of ether oxygens (including phenoxy) is 1. The SMILES string of the molecule is Cc1cccc(C(=O)OCC(=O)Nc2sc3c(c2C#N)CCCC3)c1[N+](=O)[O-]. The zero-order chi connectivity index (χ0) is 20.3. The maximum atomic E-state index is 12.2. The molecule has 8 nitrogen and oxygen atoms in total. The van der Waals surface area contributed by atoms with Crippen molar-refractivity contribution in [1.29, 1.82) is 5.26 Å². The molecule has 1 aromatic carbocycles. The molecular weight excluding hydrogens is 382 g/mol. The van der Waals surface area contributed by atoms with Crippen molar-refractivity contribution in [3.8, 4) is 6.07 Å². The van der Waals surface area contributed by atoms with Gasteiger partial charge in [-0.05, 0) is 44.2 Å². The van der Waals surface area contributed by atoms with Gasteiger partial charge in [0, 0.05) is 10.4 Å². The molecule has 0 atom stereocenters. The van der Waals surface area contributed by atoms with E-state index in [-0.39, 0.29) is 11.3 Å². The van der Waals surface area contributed by atoms with E-state index in [1.807, 2.05) is 0 Å². The van der Waals surface area contributed by atoms with E-state index < -0.39 is 23.4 Å². The first kappa shape index (κ1) is 19.5. The van der Waals surface area contributed by atoms with Gasteiger partial charge in [0.05, 0.1) is 10.5 Å². The molecule has 0 fully saturated rings. The minimum atomic E-state index is -0.948. The second-order valence-electron chi connectivity index (χ2n) is 6.38. The van der Waals surface area contributed by atoms with Crippen LogP contribution >= 0.6 is 11.3 Å². The summed E-state index contributed by atoms with van der Waals surface area (Å²) in [5.74, 6) is -1.55. The van der Waals surface area contributed by atoms with Crippen LogP contribution in [-0.2, 0) is 22.4 Å². The van der Waals surface area contributed by atoms with Gasteiger partial charge in [-0.3, -0.25) is 14.9 Å². The minimum Gasteiger partial charge on any atom is -0.452 e. The number of rotatable bonds is 5. The molecule has 0 unspecified atom stereocenters. The summed E-state index contributed by atoms with van der Waals surface area (Å²) < 4.78 is 4.95. The van der Waals surface area contributed by atoms with Crippen molar-refractivity contribution < 1.29 is 19.2 Å². The number of nitriles is 1. The van der Waals surface area contributed by atoms with Gasteiger partial charge in [0.25, 0.3) is 11.6 Å². The van der Waals surface area contributed by atoms with E-state index >= 15 is 0 Å². The maximum Gasteiger partial charge on any atom is 0.345 e. The first-order valence-electron chi connectivity index (χ1n) is 8.68. The van der Waals surface area contributed by atoms with Crippen LogP contribution in [0.2, 0.25) is 0 Å². The van der Waals surface area contributed by atoms with Crippen LogP contribution in [0.3, 0.4) is 0 Å². The molecule has 2 aromatic rings. The Morgan fingerprint density at radius 1 is 1.36 bits per heavy atom. The topological polar surface area (TPSA) is 122 Å². The van der Waals surface area contributed by atoms with Crippen LogP contribution in [0, 0.1) is 28.4 Å². The van der Waals surface area contributed by atoms with Crippen molar-refractivity contribution >= 4 is 33.9 Å². The number of nitro groups is 1. The molecule has 0 radical (unpaired) electrons. The third kappa shape index (κ3) is 3.87. The summed E-state index contributed by atoms with van der Waals surface area (Å²) in [4.78, 5) is 36.0. The highest BCUT2D eigenvalue weighted by Gasteiger charge is 2.25. The predicted octanol–water partition coefficient (Wildman–Crippen LogP) is 3.51. The monoisotopic (exact) mass is 399 g/mol. The number of fused-ring (bicyclic) bond motifs is 1. The number of aryl methyl sites for hydroxylation is 2. The summed E-state index contributed by atoms with van der Waals surface area (Å²) in [6.45, 7) is 0.918. The lowest BCUT2D eigenvalue weighted by Crippen LogP contribution is -2.21. The normalized spacial score (nSPS) is 12.6. The van der Waals surface area contributed by atoms with Crippen LogP contribution in [0.1, 0.15) is 44.8 Å². The number of carbonyl (C=O) groups excluding carboxylic acids is 2. The van der Waals surface area contributed by atoms with Crippen molar-refractivity contribution in [2.45, 2.75) is 32.6 Å². The number of thiophene rings is 1. The van der Waals surface area contributed by atoms with Crippen LogP contribution in [-0.4, -0.2) is 23.4 Å². The van der Waals surface area contributed by atoms with Gasteiger partial charge in [-0.15, -0.1) is 11.3 Å². The van der Waals surface area contributed by atoms with Crippen molar-refractivity contribution in [3.63, 3.8) is 0 Å². The molecule has 28 heavy (non-hydrogen) atoms. The second-order valence-corrected chi connectivity index (χ2v) is 7.48. The molecule has 0 saturated carbocycles. The van der Waals surface area contributed by atoms with Crippen molar-refractivity contribution in [2.24, 2.45) is 0 Å². The Labute approximate surface area is 164 Å². The number of hydrogen-bond acceptors (Lipinski definition) is 7. The Hall–Kier alpha value is -3.25. The largest absolute Gasteiger partial charge is 0.452 e. The molecule has 0 saturated heterocycles. The Bertz CT molecular complexity index is 1010. The number of nitro benzene ring substituents is 1. The van der Waals surface area contributed by atoms with Gasteiger partial charge in [-0.25, -0.2) is 4.79 Å². The molecule has 0 aliphatic heterocycles. The minimum absolute atomic E-state index is 0.206. The highest BCUT2D eigenvalue weighted by molar-refractivity contribution is 7.16. The van der Waals surface area contributed by atoms with Gasteiger partial charge in [-0.2, -0.15) is 5.26 Å². The molecule has 0 spiro atoms. The van der Waals surface area contributed by atoms with Gasteiger partial charge >= 0.3 is 5.97 Å². The van der Waals surface area contributed by atoms with E-state index in [4.69, 9.17) is 4.74 Å². The molecule has 9 heteroatoms. The predicted molar refractivity (Wildman–Crippen MR) is 102 cm³/mol. The number of esters is 1. The first-order valence-corrected chi connectivity index (χ1v) is 9.49. The quantitative estimate of drug-likeness (QED) is 0.466. The molecule has 1 heterocycles. The summed E-state index contributed by atoms with van der Waals surface area (Å²) in [5, 5.41) is 23.7. The average Bonchev–Trinajstić information content (AvgIpc) is 3.02. The lowest BCUT2D eigenvalue weighted by Gasteiger charge is -2.09. The summed E-state index contributed by atoms with van der Waals surface area (Å²) >= 11 is 1.37. The number of benzene rings is 1. The van der Waals surface area contributed by atoms with E-state index in [0.717, 1.165) is 36.1 Å². The average molecular weight is 399 g/mol. The number of carbonyl (C=O) groups is 2. The van der Waals surface area contributed by atoms with E-state index in [0.29, 0.717) is 16.1 Å². The third-order valence-electron chi connectivity index (χ3n) is 4.51. The fourth-order valence-corrected chi connectivity index (χ4v) is 4.47. The fourth-order valence-electron chi connectivity index (χ4n) is 3.21. The lowest BCUT2D eigenvalue weighted by atomic mass is 9.96. The van der Waals surface area contributed by atoms with Gasteiger partial charge < -0.3 is 10.1 Å². The third-order valence-corrected chi connectivity index (χ3v) is 5.72. The first-order chi connectivity index (χ1) is 13.4. The molecule has 144 valence electrons. The van der Waals surface area contributed by atoms with Gasteiger partial charge in [0.2, 0.25) is 0 Å². The summed E-state index contributed by atoms with van der Waals surface area (Å²) in [7, 11) is 0. The maximum absolute atomic E-state index is 12.2. The summed E-state index contributed by atoms with van der Waals surface area (Å²) in [5.41, 5.74) is 1.23. The number of anilines is 1. The molecule has 0 bridgehead atoms. The highest BCUT2D eigenvalue weighted by atomic mass is 32.1. The molecule has 1 N–H and O–H groups in total. The van der Waals surface area contributed by atoms with Crippen molar-refractivity contribution in [1.82, 2.24) is 0 Å². The molecular formula is C19H17N3O5S. The van der Waals surface area contributed by atoms with E-state index in [9.17, 15) is 25.0 Å². The molecule has 1 aliphatic carbocycles. The smallest absolute Gasteiger partial charge is 0.345 e. The van der Waals surface area contributed by atoms with E-state index in [1.165, 1.54) is 36.5 Å². The van der Waals surface area contributed by atoms with Gasteiger partial charge in [0.1, 0.15) is 16.6 Å². The summed E-state index contributed by atoms with van der Waals surface area (Å²) in [6, 6.07) is 6.45. The Morgan fingerprint density at radius 3 is 2.82 bits per heavy atom. The number of nitrogens with zero attached hydrogens (tertiary/aromatic N) is 2. The van der Waals surface area contributed by atoms with Gasteiger partial charge in [-0.1, -0.05) is 12.1 Å². The number of para-hydroxylation sites is 1. The Balaban J connectivity index is 1.68. The van der Waals surface area contributed by atoms with Crippen LogP contribution in [0.4, 0.5) is 10.7 Å². The van der Waals surface area contributed by atoms with Gasteiger partial charge in [0.15, 0.2) is 6.61 Å². The van der Waals surface area contributed by atoms with Crippen molar-refractivity contribution in [3.05, 3.63) is 55.4 Å². The fraction of sp³-hybridized carbons (Fsp3) is 0.316. The number of amides is 1. The van der Waals surface area contributed by atoms with E-state index in [1.54, 1.807) is 0 Å². The summed E-state index contributed by atoms with van der Waals surface area (Å²) in [6.07, 6.45) is 3.77. The second kappa shape index (κ2) is 8.19. The van der Waals surface area contributed by atoms with Crippen LogP contribution in [0.15, 0.2) is 18.2 Å². The number of nitrogens with one attached hydrogen (secondary N) is 1. The standard InChI is InChI=1S/C19H17N3O5S/c1-11-5-4-7-13(17(11)22(25)26)19(24)27-10-16(23)21-18-14(9-20)12-6-2-3-8-15(12)28-18/h4-5,7H,2-3,6,8,10H2,1H3,(H,21,23). The lowest BCUT2D eigenvalue weighted by molar-refractivity contribution is -0.385. The Kier molecular flexibility index (Phi) is 5.70. The molecule has 1 aromatic heterocycles. The van der Waals surface area contributed by atoms with Crippen LogP contribution < -0.4 is 5.32 Å². The van der Waals surface area contributed by atoms with Crippen molar-refractivity contribution in [2.75, 3.05) is 11.9 Å². The molecule has 1 amide bonds. The molecule has 3 rings (SSSR count). The number of hydrogen-bond donors (Lipinski definition) is 1. The Morgan fingerprint density at radius 2 is 2.11 bits per heavy atom. The zero-order valence-electron chi connectivity index (χ0n) is 15.1. The van der Waals surface area contributed by atoms with Crippen LogP contribution in [0.25, 0.3) is 0 Å². The molecule has 1 aliphatic rings.